The molecule has 2 unspecified atom stereocenters. The number of hydrogen-bond donors (Lipinski definition) is 0. The van der Waals surface area contributed by atoms with Crippen molar-refractivity contribution in [3.8, 4) is 0 Å². The van der Waals surface area contributed by atoms with E-state index in [1.54, 1.807) is 0 Å². The van der Waals surface area contributed by atoms with Crippen LogP contribution in [0.15, 0.2) is 25.3 Å². The summed E-state index contributed by atoms with van der Waals surface area (Å²) in [5.74, 6) is 2.63. The van der Waals surface area contributed by atoms with Crippen LogP contribution in [0, 0.1) is 0 Å². The van der Waals surface area contributed by atoms with Crippen molar-refractivity contribution in [2.75, 3.05) is 11.5 Å². The maximum Gasteiger partial charge on any atom is 0.0245 e. The molecule has 0 aromatic carbocycles. The van der Waals surface area contributed by atoms with E-state index in [-0.39, 0.29) is 0 Å². The van der Waals surface area contributed by atoms with Gasteiger partial charge in [0.1, 0.15) is 0 Å². The minimum absolute atomic E-state index is 0.826. The summed E-state index contributed by atoms with van der Waals surface area (Å²) in [7, 11) is 4.19. The van der Waals surface area contributed by atoms with E-state index in [9.17, 15) is 0 Å². The zero-order valence-electron chi connectivity index (χ0n) is 9.19. The Morgan fingerprint density at radius 1 is 0.933 bits per heavy atom. The second-order valence-electron chi connectivity index (χ2n) is 3.71. The van der Waals surface area contributed by atoms with E-state index in [1.807, 2.05) is 12.2 Å². The fourth-order valence-electron chi connectivity index (χ4n) is 1.41. The lowest BCUT2D eigenvalue weighted by atomic mass is 10.2. The van der Waals surface area contributed by atoms with Gasteiger partial charge in [0.15, 0.2) is 0 Å². The molecule has 0 spiro atoms. The number of hydrogen-bond acceptors (Lipinski definition) is 3. The van der Waals surface area contributed by atoms with Crippen LogP contribution in [0.25, 0.3) is 0 Å². The Morgan fingerprint density at radius 2 is 1.40 bits per heavy atom. The third-order valence-electron chi connectivity index (χ3n) is 2.32. The topological polar surface area (TPSA) is 0 Å². The van der Waals surface area contributed by atoms with Gasteiger partial charge in [0, 0.05) is 22.0 Å². The minimum Gasteiger partial charge on any atom is -0.160 e. The minimum atomic E-state index is 0.826. The summed E-state index contributed by atoms with van der Waals surface area (Å²) in [6.45, 7) is 7.58. The second-order valence-corrected chi connectivity index (χ2v) is 7.65. The van der Waals surface area contributed by atoms with Gasteiger partial charge in [0.2, 0.25) is 0 Å². The number of rotatable bonds is 6. The predicted octanol–water partition coefficient (Wildman–Crippen LogP) is 4.78. The molecule has 0 radical (unpaired) electrons. The Bertz CT molecular complexity index is 171. The summed E-state index contributed by atoms with van der Waals surface area (Å²) in [4.78, 5) is 0. The Labute approximate surface area is 106 Å². The number of thioether (sulfide) groups is 1. The summed E-state index contributed by atoms with van der Waals surface area (Å²) in [6, 6.07) is 0. The molecule has 0 N–H and O–H groups in total. The van der Waals surface area contributed by atoms with Crippen molar-refractivity contribution in [2.45, 2.75) is 36.2 Å². The zero-order valence-corrected chi connectivity index (χ0v) is 11.6. The molecule has 0 aromatic heterocycles. The van der Waals surface area contributed by atoms with Crippen molar-refractivity contribution in [2.24, 2.45) is 0 Å². The Hall–Kier alpha value is 0.530. The smallest absolute Gasteiger partial charge is 0.0245 e. The molecule has 0 aliphatic carbocycles. The van der Waals surface area contributed by atoms with E-state index >= 15 is 0 Å². The molecule has 1 saturated heterocycles. The molecule has 0 saturated carbocycles. The van der Waals surface area contributed by atoms with Gasteiger partial charge in [0.25, 0.3) is 0 Å². The lowest BCUT2D eigenvalue weighted by molar-refractivity contribution is 0.839. The van der Waals surface area contributed by atoms with E-state index in [4.69, 9.17) is 0 Å². The van der Waals surface area contributed by atoms with Gasteiger partial charge in [-0.1, -0.05) is 33.7 Å². The molecule has 1 rings (SSSR count). The molecule has 2 atom stereocenters. The van der Waals surface area contributed by atoms with Gasteiger partial charge in [0.05, 0.1) is 0 Å². The van der Waals surface area contributed by atoms with E-state index in [0.717, 1.165) is 23.3 Å². The monoisotopic (exact) mass is 260 g/mol. The third kappa shape index (κ3) is 5.98. The lowest BCUT2D eigenvalue weighted by Crippen LogP contribution is -2.03. The van der Waals surface area contributed by atoms with Gasteiger partial charge in [-0.3, -0.25) is 0 Å². The third-order valence-corrected chi connectivity index (χ3v) is 7.45. The molecule has 0 nitrogen and oxygen atoms in total. The summed E-state index contributed by atoms with van der Waals surface area (Å²) < 4.78 is 0. The predicted molar refractivity (Wildman–Crippen MR) is 78.9 cm³/mol. The van der Waals surface area contributed by atoms with Crippen LogP contribution >= 0.6 is 33.3 Å². The molecule has 3 heteroatoms. The van der Waals surface area contributed by atoms with Crippen LogP contribution in [-0.4, -0.2) is 22.0 Å². The van der Waals surface area contributed by atoms with Crippen molar-refractivity contribution < 1.29 is 0 Å². The van der Waals surface area contributed by atoms with Gasteiger partial charge in [-0.15, -0.1) is 13.2 Å². The molecule has 0 aromatic rings. The normalized spacial score (nSPS) is 26.9. The zero-order chi connectivity index (χ0) is 10.9. The Kier molecular flexibility index (Phi) is 7.84. The van der Waals surface area contributed by atoms with Crippen molar-refractivity contribution >= 4 is 33.3 Å². The molecular formula is C12H20S3. The SMILES string of the molecule is C=CCCC1CSCC(CCC=C)SS1. The van der Waals surface area contributed by atoms with E-state index < -0.39 is 0 Å². The standard InChI is InChI=1S/C12H20S3/c1-3-5-7-11-9-13-10-12(15-14-11)8-6-4-2/h3-4,11-12H,1-2,5-10H2. The van der Waals surface area contributed by atoms with Crippen molar-refractivity contribution in [3.63, 3.8) is 0 Å². The largest absolute Gasteiger partial charge is 0.160 e. The lowest BCUT2D eigenvalue weighted by Gasteiger charge is -2.12. The highest BCUT2D eigenvalue weighted by atomic mass is 33.1. The average molecular weight is 260 g/mol. The average Bonchev–Trinajstić information content (AvgIpc) is 2.49. The summed E-state index contributed by atoms with van der Waals surface area (Å²) in [5.41, 5.74) is 0. The van der Waals surface area contributed by atoms with Crippen LogP contribution in [-0.2, 0) is 0 Å². The van der Waals surface area contributed by atoms with Crippen molar-refractivity contribution in [3.05, 3.63) is 25.3 Å². The first kappa shape index (κ1) is 13.6. The highest BCUT2D eigenvalue weighted by Crippen LogP contribution is 2.41. The summed E-state index contributed by atoms with van der Waals surface area (Å²) in [5, 5.41) is 1.65. The maximum atomic E-state index is 3.79. The van der Waals surface area contributed by atoms with Crippen LogP contribution in [0.5, 0.6) is 0 Å². The highest BCUT2D eigenvalue weighted by molar-refractivity contribution is 8.77. The number of allylic oxidation sites excluding steroid dienone is 2. The van der Waals surface area contributed by atoms with Crippen molar-refractivity contribution in [1.29, 1.82) is 0 Å². The van der Waals surface area contributed by atoms with Gasteiger partial charge >= 0.3 is 0 Å². The molecule has 1 aliphatic rings. The molecule has 1 heterocycles. The van der Waals surface area contributed by atoms with Crippen LogP contribution < -0.4 is 0 Å². The first-order valence-corrected chi connectivity index (χ1v) is 8.91. The van der Waals surface area contributed by atoms with Gasteiger partial charge in [-0.2, -0.15) is 11.8 Å². The van der Waals surface area contributed by atoms with Gasteiger partial charge in [-0.25, -0.2) is 0 Å². The first-order chi connectivity index (χ1) is 7.36. The fourth-order valence-corrected chi connectivity index (χ4v) is 6.73. The van der Waals surface area contributed by atoms with Gasteiger partial charge < -0.3 is 0 Å². The molecule has 86 valence electrons. The Balaban J connectivity index is 2.21. The maximum absolute atomic E-state index is 3.79. The molecule has 0 amide bonds. The van der Waals surface area contributed by atoms with E-state index in [2.05, 4.69) is 46.5 Å². The molecule has 1 aliphatic heterocycles. The first-order valence-electron chi connectivity index (χ1n) is 5.48. The van der Waals surface area contributed by atoms with Crippen LogP contribution in [0.2, 0.25) is 0 Å². The Morgan fingerprint density at radius 3 is 1.80 bits per heavy atom. The van der Waals surface area contributed by atoms with Crippen LogP contribution in [0.1, 0.15) is 25.7 Å². The van der Waals surface area contributed by atoms with Crippen LogP contribution in [0.3, 0.4) is 0 Å². The van der Waals surface area contributed by atoms with Gasteiger partial charge in [-0.05, 0) is 25.7 Å². The van der Waals surface area contributed by atoms with E-state index in [1.165, 1.54) is 24.3 Å². The molecular weight excluding hydrogens is 240 g/mol. The van der Waals surface area contributed by atoms with Crippen molar-refractivity contribution in [1.82, 2.24) is 0 Å². The quantitative estimate of drug-likeness (QED) is 0.498. The molecule has 15 heavy (non-hydrogen) atoms. The van der Waals surface area contributed by atoms with E-state index in [0.29, 0.717) is 0 Å². The molecule has 0 bridgehead atoms. The summed E-state index contributed by atoms with van der Waals surface area (Å²) in [6.07, 6.45) is 8.99. The highest BCUT2D eigenvalue weighted by Gasteiger charge is 2.19. The second kappa shape index (κ2) is 8.66. The summed E-state index contributed by atoms with van der Waals surface area (Å²) >= 11 is 2.12. The van der Waals surface area contributed by atoms with Crippen LogP contribution in [0.4, 0.5) is 0 Å². The fraction of sp³-hybridized carbons (Fsp3) is 0.667. The molecule has 1 fully saturated rings.